The molecule has 0 atom stereocenters. The van der Waals surface area contributed by atoms with Crippen molar-refractivity contribution in [3.63, 3.8) is 0 Å². The fourth-order valence-electron chi connectivity index (χ4n) is 1.39. The van der Waals surface area contributed by atoms with Gasteiger partial charge in [-0.2, -0.15) is 0 Å². The van der Waals surface area contributed by atoms with Crippen molar-refractivity contribution >= 4 is 39.1 Å². The van der Waals surface area contributed by atoms with Crippen LogP contribution in [-0.4, -0.2) is 10.9 Å². The maximum atomic E-state index is 12.0. The number of aromatic nitrogens is 1. The lowest BCUT2D eigenvalue weighted by atomic mass is 10.2. The van der Waals surface area contributed by atoms with Crippen LogP contribution in [0.2, 0.25) is 5.02 Å². The fourth-order valence-corrected chi connectivity index (χ4v) is 1.92. The van der Waals surface area contributed by atoms with Crippen molar-refractivity contribution in [3.05, 3.63) is 57.3 Å². The van der Waals surface area contributed by atoms with E-state index in [0.717, 1.165) is 10.2 Å². The second kappa shape index (κ2) is 5.50. The molecule has 0 aliphatic heterocycles. The van der Waals surface area contributed by atoms with Crippen molar-refractivity contribution in [2.24, 2.45) is 0 Å². The predicted octanol–water partition coefficient (Wildman–Crippen LogP) is 4.06. The largest absolute Gasteiger partial charge is 0.321 e. The number of aryl methyl sites for hydroxylation is 1. The summed E-state index contributed by atoms with van der Waals surface area (Å²) in [6, 6.07) is 8.79. The summed E-state index contributed by atoms with van der Waals surface area (Å²) in [7, 11) is 0. The highest BCUT2D eigenvalue weighted by Crippen LogP contribution is 2.26. The smallest absolute Gasteiger partial charge is 0.257 e. The third kappa shape index (κ3) is 3.09. The maximum absolute atomic E-state index is 12.0. The average molecular weight is 326 g/mol. The Labute approximate surface area is 118 Å². The van der Waals surface area contributed by atoms with Gasteiger partial charge in [0, 0.05) is 16.4 Å². The fraction of sp³-hybridized carbons (Fsp3) is 0.0769. The van der Waals surface area contributed by atoms with E-state index in [1.54, 1.807) is 24.3 Å². The Morgan fingerprint density at radius 1 is 1.33 bits per heavy atom. The van der Waals surface area contributed by atoms with E-state index in [0.29, 0.717) is 16.3 Å². The molecule has 2 rings (SSSR count). The molecule has 1 aromatic heterocycles. The van der Waals surface area contributed by atoms with Crippen LogP contribution in [0.4, 0.5) is 5.69 Å². The van der Waals surface area contributed by atoms with Gasteiger partial charge in [0.1, 0.15) is 0 Å². The molecule has 1 amide bonds. The summed E-state index contributed by atoms with van der Waals surface area (Å²) in [5.74, 6) is -0.234. The molecule has 0 saturated carbocycles. The number of benzene rings is 1. The van der Waals surface area contributed by atoms with Crippen molar-refractivity contribution in [2.45, 2.75) is 6.92 Å². The van der Waals surface area contributed by atoms with E-state index in [9.17, 15) is 4.79 Å². The minimum absolute atomic E-state index is 0.234. The third-order valence-corrected chi connectivity index (χ3v) is 3.17. The Kier molecular flexibility index (Phi) is 3.99. The van der Waals surface area contributed by atoms with Gasteiger partial charge in [0.2, 0.25) is 0 Å². The van der Waals surface area contributed by atoms with Crippen LogP contribution in [0.15, 0.2) is 41.0 Å². The molecule has 2 aromatic rings. The molecule has 0 fully saturated rings. The zero-order valence-electron chi connectivity index (χ0n) is 9.58. The molecule has 3 nitrogen and oxygen atoms in total. The van der Waals surface area contributed by atoms with E-state index in [4.69, 9.17) is 11.6 Å². The number of rotatable bonds is 2. The first-order valence-electron chi connectivity index (χ1n) is 5.25. The summed E-state index contributed by atoms with van der Waals surface area (Å²) in [5, 5.41) is 3.24. The normalized spacial score (nSPS) is 10.2. The van der Waals surface area contributed by atoms with Gasteiger partial charge in [-0.25, -0.2) is 0 Å². The van der Waals surface area contributed by atoms with Crippen LogP contribution >= 0.6 is 27.5 Å². The van der Waals surface area contributed by atoms with Gasteiger partial charge in [0.05, 0.1) is 16.3 Å². The van der Waals surface area contributed by atoms with E-state index in [1.807, 2.05) is 13.0 Å². The molecule has 0 aliphatic rings. The number of halogens is 2. The molecule has 18 heavy (non-hydrogen) atoms. The number of hydrogen-bond acceptors (Lipinski definition) is 2. The van der Waals surface area contributed by atoms with Crippen LogP contribution in [0, 0.1) is 6.92 Å². The molecular formula is C13H10BrClN2O. The minimum Gasteiger partial charge on any atom is -0.321 e. The lowest BCUT2D eigenvalue weighted by Crippen LogP contribution is -2.12. The lowest BCUT2D eigenvalue weighted by molar-refractivity contribution is 0.102. The second-order valence-electron chi connectivity index (χ2n) is 3.77. The number of carbonyl (C=O) groups is 1. The first-order chi connectivity index (χ1) is 8.56. The molecule has 0 aliphatic carbocycles. The molecule has 1 aromatic carbocycles. The quantitative estimate of drug-likeness (QED) is 0.905. The zero-order valence-corrected chi connectivity index (χ0v) is 11.9. The van der Waals surface area contributed by atoms with E-state index in [2.05, 4.69) is 26.2 Å². The van der Waals surface area contributed by atoms with Gasteiger partial charge in [-0.1, -0.05) is 27.5 Å². The number of carbonyl (C=O) groups excluding carboxylic acids is 1. The Morgan fingerprint density at radius 3 is 2.78 bits per heavy atom. The van der Waals surface area contributed by atoms with Crippen LogP contribution in [-0.2, 0) is 0 Å². The highest BCUT2D eigenvalue weighted by Gasteiger charge is 2.09. The molecule has 1 N–H and O–H groups in total. The molecule has 0 saturated heterocycles. The van der Waals surface area contributed by atoms with E-state index >= 15 is 0 Å². The SMILES string of the molecule is Cc1ccc(C(=O)Nc2cc(Br)ccc2Cl)cn1. The maximum Gasteiger partial charge on any atom is 0.257 e. The Morgan fingerprint density at radius 2 is 2.11 bits per heavy atom. The second-order valence-corrected chi connectivity index (χ2v) is 5.09. The molecule has 1 heterocycles. The first-order valence-corrected chi connectivity index (χ1v) is 6.42. The molecule has 5 heteroatoms. The summed E-state index contributed by atoms with van der Waals surface area (Å²) in [6.07, 6.45) is 1.54. The summed E-state index contributed by atoms with van der Waals surface area (Å²) < 4.78 is 0.851. The number of amides is 1. The monoisotopic (exact) mass is 324 g/mol. The Bertz CT molecular complexity index is 584. The van der Waals surface area contributed by atoms with Gasteiger partial charge >= 0.3 is 0 Å². The molecule has 0 spiro atoms. The molecule has 92 valence electrons. The van der Waals surface area contributed by atoms with Gasteiger partial charge in [-0.3, -0.25) is 9.78 Å². The van der Waals surface area contributed by atoms with Gasteiger partial charge in [-0.15, -0.1) is 0 Å². The van der Waals surface area contributed by atoms with Crippen molar-refractivity contribution in [3.8, 4) is 0 Å². The molecule has 0 bridgehead atoms. The molecule has 0 radical (unpaired) electrons. The van der Waals surface area contributed by atoms with Gasteiger partial charge < -0.3 is 5.32 Å². The minimum atomic E-state index is -0.234. The summed E-state index contributed by atoms with van der Waals surface area (Å²) in [6.45, 7) is 1.87. The highest BCUT2D eigenvalue weighted by atomic mass is 79.9. The number of pyridine rings is 1. The number of nitrogens with zero attached hydrogens (tertiary/aromatic N) is 1. The van der Waals surface area contributed by atoms with Crippen molar-refractivity contribution in [1.29, 1.82) is 0 Å². The Balaban J connectivity index is 2.21. The van der Waals surface area contributed by atoms with Crippen LogP contribution in [0.25, 0.3) is 0 Å². The number of hydrogen-bond donors (Lipinski definition) is 1. The molecule has 0 unspecified atom stereocenters. The van der Waals surface area contributed by atoms with Crippen LogP contribution in [0.3, 0.4) is 0 Å². The van der Waals surface area contributed by atoms with Gasteiger partial charge in [0.15, 0.2) is 0 Å². The first kappa shape index (κ1) is 13.1. The topological polar surface area (TPSA) is 42.0 Å². The van der Waals surface area contributed by atoms with Gasteiger partial charge in [0.25, 0.3) is 5.91 Å². The highest BCUT2D eigenvalue weighted by molar-refractivity contribution is 9.10. The number of anilines is 1. The van der Waals surface area contributed by atoms with Crippen LogP contribution in [0.1, 0.15) is 16.1 Å². The van der Waals surface area contributed by atoms with Crippen LogP contribution < -0.4 is 5.32 Å². The lowest BCUT2D eigenvalue weighted by Gasteiger charge is -2.07. The summed E-state index contributed by atoms with van der Waals surface area (Å²) >= 11 is 9.33. The average Bonchev–Trinajstić information content (AvgIpc) is 2.34. The molecular weight excluding hydrogens is 316 g/mol. The van der Waals surface area contributed by atoms with Crippen molar-refractivity contribution < 1.29 is 4.79 Å². The van der Waals surface area contributed by atoms with E-state index in [-0.39, 0.29) is 5.91 Å². The summed E-state index contributed by atoms with van der Waals surface area (Å²) in [5.41, 5.74) is 1.93. The standard InChI is InChI=1S/C13H10BrClN2O/c1-8-2-3-9(7-16-8)13(18)17-12-6-10(14)4-5-11(12)15/h2-7H,1H3,(H,17,18). The summed E-state index contributed by atoms with van der Waals surface area (Å²) in [4.78, 5) is 16.0. The van der Waals surface area contributed by atoms with Crippen molar-refractivity contribution in [2.75, 3.05) is 5.32 Å². The van der Waals surface area contributed by atoms with Crippen LogP contribution in [0.5, 0.6) is 0 Å². The number of nitrogens with one attached hydrogen (secondary N) is 1. The third-order valence-electron chi connectivity index (χ3n) is 2.35. The van der Waals surface area contributed by atoms with Gasteiger partial charge in [-0.05, 0) is 37.3 Å². The zero-order chi connectivity index (χ0) is 13.1. The Hall–Kier alpha value is -1.39. The predicted molar refractivity (Wildman–Crippen MR) is 76.1 cm³/mol. The van der Waals surface area contributed by atoms with Crippen molar-refractivity contribution in [1.82, 2.24) is 4.98 Å². The van der Waals surface area contributed by atoms with E-state index < -0.39 is 0 Å². The van der Waals surface area contributed by atoms with E-state index in [1.165, 1.54) is 6.20 Å².